The lowest BCUT2D eigenvalue weighted by Gasteiger charge is -2.59. The van der Waals surface area contributed by atoms with Crippen LogP contribution in [0, 0.1) is 34.5 Å². The molecule has 4 atom stereocenters. The number of nitrogens with zero attached hydrogens (tertiary/aromatic N) is 4. The van der Waals surface area contributed by atoms with Crippen molar-refractivity contribution in [1.29, 1.82) is 0 Å². The summed E-state index contributed by atoms with van der Waals surface area (Å²) in [6.45, 7) is 12.8. The molecular formula is C44H60N4O12. The normalized spacial score (nSPS) is 30.6. The summed E-state index contributed by atoms with van der Waals surface area (Å²) < 4.78 is 19.5. The van der Waals surface area contributed by atoms with E-state index in [0.717, 1.165) is 64.2 Å². The largest absolute Gasteiger partial charge is 0.481 e. The zero-order chi connectivity index (χ0) is 43.3. The Hall–Kier alpha value is -5.25. The number of carbonyl (C=O) groups is 7. The summed E-state index contributed by atoms with van der Waals surface area (Å²) >= 11 is 0. The van der Waals surface area contributed by atoms with Gasteiger partial charge in [0.1, 0.15) is 37.1 Å². The summed E-state index contributed by atoms with van der Waals surface area (Å²) in [7, 11) is 0. The Morgan fingerprint density at radius 2 is 1.05 bits per heavy atom. The second-order valence-electron chi connectivity index (χ2n) is 17.9. The fraction of sp³-hybridized carbons (Fsp3) is 0.614. The number of imidazole rings is 2. The maximum atomic E-state index is 12.6. The van der Waals surface area contributed by atoms with Gasteiger partial charge in [0, 0.05) is 48.8 Å². The van der Waals surface area contributed by atoms with Crippen molar-refractivity contribution >= 4 is 41.5 Å². The van der Waals surface area contributed by atoms with Gasteiger partial charge in [0.25, 0.3) is 0 Å². The van der Waals surface area contributed by atoms with Crippen molar-refractivity contribution in [3.8, 4) is 0 Å². The first-order valence-corrected chi connectivity index (χ1v) is 20.0. The summed E-state index contributed by atoms with van der Waals surface area (Å²) in [4.78, 5) is 87.8. The number of Topliss-reactive ketones (excluding diaryl/α,β-unsaturated/α-hetero) is 2. The number of hydrogen-bond donors (Lipinski definition) is 2. The van der Waals surface area contributed by atoms with Crippen LogP contribution in [0.25, 0.3) is 0 Å². The van der Waals surface area contributed by atoms with Crippen molar-refractivity contribution < 1.29 is 58.0 Å². The van der Waals surface area contributed by atoms with E-state index in [0.29, 0.717) is 47.7 Å². The molecule has 2 heterocycles. The van der Waals surface area contributed by atoms with E-state index in [1.165, 1.54) is 35.6 Å². The number of ketones is 2. The Bertz CT molecular complexity index is 1890. The predicted octanol–water partition coefficient (Wildman–Crippen LogP) is 5.91. The number of carbonyl (C=O) groups excluding carboxylic acids is 6. The van der Waals surface area contributed by atoms with Crippen molar-refractivity contribution in [2.24, 2.45) is 34.5 Å². The summed E-state index contributed by atoms with van der Waals surface area (Å²) in [5, 5.41) is 17.4. The van der Waals surface area contributed by atoms with Crippen LogP contribution in [0.3, 0.4) is 0 Å². The molecule has 2 aromatic rings. The molecular weight excluding hydrogens is 776 g/mol. The van der Waals surface area contributed by atoms with Crippen molar-refractivity contribution in [3.63, 3.8) is 0 Å². The van der Waals surface area contributed by atoms with Crippen LogP contribution in [-0.2, 0) is 43.0 Å². The fourth-order valence-electron chi connectivity index (χ4n) is 10.9. The number of hydrogen-bond acceptors (Lipinski definition) is 13. The molecule has 328 valence electrons. The molecule has 0 spiro atoms. The van der Waals surface area contributed by atoms with E-state index in [1.807, 2.05) is 0 Å². The number of aliphatic carboxylic acids is 1. The molecule has 16 nitrogen and oxygen atoms in total. The van der Waals surface area contributed by atoms with Gasteiger partial charge >= 0.3 is 29.9 Å². The van der Waals surface area contributed by atoms with Crippen LogP contribution >= 0.6 is 0 Å². The summed E-state index contributed by atoms with van der Waals surface area (Å²) in [6.07, 6.45) is 18.7. The van der Waals surface area contributed by atoms with E-state index in [2.05, 4.69) is 23.1 Å². The van der Waals surface area contributed by atoms with Crippen LogP contribution in [0.15, 0.2) is 61.7 Å². The second-order valence-corrected chi connectivity index (χ2v) is 17.9. The van der Waals surface area contributed by atoms with Crippen LogP contribution in [0.4, 0.5) is 4.79 Å². The van der Waals surface area contributed by atoms with Crippen LogP contribution < -0.4 is 0 Å². The average Bonchev–Trinajstić information content (AvgIpc) is 3.89. The van der Waals surface area contributed by atoms with E-state index >= 15 is 0 Å². The smallest absolute Gasteiger partial charge is 0.338 e. The SMILES string of the molecule is C.C=C(C)C(=O)OC12CC3CC(C1)CC(C(=O)O)(C3)C2.C=C(C)C(=O)OC12CC3CC(C1)CC(C(=O)OCC(C)=O)(C3)C2.CC(=O)CO.O=C(n1ccnc1)n1ccnc1. The molecule has 4 unspecified atom stereocenters. The summed E-state index contributed by atoms with van der Waals surface area (Å²) in [6, 6.07) is -0.190. The van der Waals surface area contributed by atoms with E-state index in [4.69, 9.17) is 19.3 Å². The lowest BCUT2D eigenvalue weighted by atomic mass is 9.48. The highest BCUT2D eigenvalue weighted by Gasteiger charge is 2.64. The third kappa shape index (κ3) is 10.9. The Morgan fingerprint density at radius 3 is 1.37 bits per heavy atom. The number of aliphatic hydroxyl groups excluding tert-OH is 1. The van der Waals surface area contributed by atoms with Gasteiger partial charge in [0.05, 0.1) is 10.8 Å². The molecule has 8 fully saturated rings. The van der Waals surface area contributed by atoms with Gasteiger partial charge in [0.2, 0.25) is 0 Å². The minimum atomic E-state index is -0.711. The van der Waals surface area contributed by atoms with Crippen LogP contribution in [0.2, 0.25) is 0 Å². The standard InChI is InChI=1S/C18H24O5.C15H20O4.C7H6N4O.C3H6O2.CH4/c1-11(2)15(20)23-18-7-13-4-14(8-18)6-17(5-13,10-18)16(21)22-9-12(3)19;1-9(2)12(16)19-15-6-10-3-11(7-15)5-14(4-10,8-15)13(17)18;12-7(10-3-1-8-5-10)11-4-2-9-6-11;1-3(5)2-4;/h13-14H,1,4-10H2,2-3H3;10-11H,1,3-8H2,2H3,(H,17,18);1-6H;4H,2H2,1H3;1H4. The molecule has 16 heteroatoms. The van der Waals surface area contributed by atoms with E-state index < -0.39 is 28.0 Å². The van der Waals surface area contributed by atoms with E-state index in [9.17, 15) is 38.7 Å². The zero-order valence-electron chi connectivity index (χ0n) is 34.4. The number of aromatic nitrogens is 4. The molecule has 8 bridgehead atoms. The quantitative estimate of drug-likeness (QED) is 0.170. The maximum absolute atomic E-state index is 12.6. The first-order chi connectivity index (χ1) is 27.7. The lowest BCUT2D eigenvalue weighted by molar-refractivity contribution is -0.210. The Kier molecular flexibility index (Phi) is 15.0. The number of ether oxygens (including phenoxy) is 3. The van der Waals surface area contributed by atoms with Crippen LogP contribution in [0.1, 0.15) is 112 Å². The molecule has 2 N–H and O–H groups in total. The molecule has 0 amide bonds. The molecule has 0 saturated heterocycles. The van der Waals surface area contributed by atoms with Gasteiger partial charge in [-0.25, -0.2) is 24.4 Å². The van der Waals surface area contributed by atoms with Gasteiger partial charge in [-0.1, -0.05) is 20.6 Å². The molecule has 0 aromatic carbocycles. The monoisotopic (exact) mass is 836 g/mol. The van der Waals surface area contributed by atoms with Crippen LogP contribution in [-0.4, -0.2) is 95.2 Å². The number of carboxylic acids is 1. The molecule has 60 heavy (non-hydrogen) atoms. The zero-order valence-corrected chi connectivity index (χ0v) is 34.4. The molecule has 8 aliphatic rings. The topological polar surface area (TPSA) is 223 Å². The fourth-order valence-corrected chi connectivity index (χ4v) is 10.9. The van der Waals surface area contributed by atoms with E-state index in [-0.39, 0.29) is 56.1 Å². The Labute approximate surface area is 350 Å². The van der Waals surface area contributed by atoms with Crippen molar-refractivity contribution in [2.45, 2.75) is 123 Å². The molecule has 0 radical (unpaired) electrons. The first kappa shape index (κ1) is 47.4. The van der Waals surface area contributed by atoms with Gasteiger partial charge in [-0.3, -0.25) is 28.3 Å². The molecule has 8 saturated carbocycles. The van der Waals surface area contributed by atoms with E-state index in [1.54, 1.807) is 38.6 Å². The van der Waals surface area contributed by atoms with Gasteiger partial charge < -0.3 is 24.4 Å². The molecule has 8 aliphatic carbocycles. The first-order valence-electron chi connectivity index (χ1n) is 20.0. The van der Waals surface area contributed by atoms with Gasteiger partial charge in [-0.15, -0.1) is 0 Å². The van der Waals surface area contributed by atoms with Crippen molar-refractivity contribution in [1.82, 2.24) is 19.1 Å². The highest BCUT2D eigenvalue weighted by atomic mass is 16.6. The van der Waals surface area contributed by atoms with Gasteiger partial charge in [0.15, 0.2) is 11.6 Å². The number of esters is 3. The number of rotatable bonds is 9. The lowest BCUT2D eigenvalue weighted by Crippen LogP contribution is -2.60. The van der Waals surface area contributed by atoms with Gasteiger partial charge in [-0.2, -0.15) is 0 Å². The highest BCUT2D eigenvalue weighted by Crippen LogP contribution is 2.64. The molecule has 0 aliphatic heterocycles. The number of carboxylic acid groups (broad SMARTS) is 1. The van der Waals surface area contributed by atoms with Crippen molar-refractivity contribution in [2.75, 3.05) is 13.2 Å². The average molecular weight is 837 g/mol. The highest BCUT2D eigenvalue weighted by molar-refractivity contribution is 5.88. The van der Waals surface area contributed by atoms with Crippen LogP contribution in [0.5, 0.6) is 0 Å². The Balaban J connectivity index is 0.000000193. The molecule has 2 aromatic heterocycles. The van der Waals surface area contributed by atoms with Crippen molar-refractivity contribution in [3.05, 3.63) is 61.7 Å². The predicted molar refractivity (Wildman–Crippen MR) is 216 cm³/mol. The third-order valence-electron chi connectivity index (χ3n) is 12.3. The third-order valence-corrected chi connectivity index (χ3v) is 12.3. The molecule has 10 rings (SSSR count). The Morgan fingerprint density at radius 1 is 0.667 bits per heavy atom. The summed E-state index contributed by atoms with van der Waals surface area (Å²) in [5.74, 6) is -0.531. The summed E-state index contributed by atoms with van der Waals surface area (Å²) in [5.41, 5.74) is -1.57. The second kappa shape index (κ2) is 19.0. The minimum Gasteiger partial charge on any atom is -0.481 e. The number of aliphatic hydroxyl groups is 1. The minimum absolute atomic E-state index is 0. The van der Waals surface area contributed by atoms with Gasteiger partial charge in [-0.05, 0) is 116 Å². The maximum Gasteiger partial charge on any atom is 0.338 e.